The van der Waals surface area contributed by atoms with Crippen LogP contribution in [-0.2, 0) is 4.79 Å². The minimum atomic E-state index is -0.366. The summed E-state index contributed by atoms with van der Waals surface area (Å²) in [6.07, 6.45) is 0.256. The van der Waals surface area contributed by atoms with Crippen molar-refractivity contribution in [3.05, 3.63) is 48.0 Å². The van der Waals surface area contributed by atoms with Crippen molar-refractivity contribution in [2.75, 3.05) is 30.5 Å². The molecule has 1 fully saturated rings. The fourth-order valence-corrected chi connectivity index (χ4v) is 3.21. The van der Waals surface area contributed by atoms with Crippen LogP contribution >= 0.6 is 0 Å². The molecule has 1 aliphatic rings. The van der Waals surface area contributed by atoms with E-state index in [2.05, 4.69) is 10.6 Å². The van der Waals surface area contributed by atoms with Gasteiger partial charge in [0.25, 0.3) is 0 Å². The van der Waals surface area contributed by atoms with Crippen LogP contribution in [0.5, 0.6) is 11.5 Å². The molecule has 7 nitrogen and oxygen atoms in total. The number of hydrogen-bond donors (Lipinski definition) is 2. The molecule has 0 aromatic heterocycles. The predicted octanol–water partition coefficient (Wildman–Crippen LogP) is 3.33. The van der Waals surface area contributed by atoms with Crippen molar-refractivity contribution in [2.24, 2.45) is 0 Å². The average molecular weight is 383 g/mol. The summed E-state index contributed by atoms with van der Waals surface area (Å²) in [6.45, 7) is 4.87. The van der Waals surface area contributed by atoms with E-state index in [1.807, 2.05) is 50.2 Å². The number of carbonyl (C=O) groups excluding carboxylic acids is 2. The van der Waals surface area contributed by atoms with Gasteiger partial charge in [0.05, 0.1) is 25.4 Å². The molecule has 1 saturated heterocycles. The highest BCUT2D eigenvalue weighted by Crippen LogP contribution is 2.26. The van der Waals surface area contributed by atoms with Gasteiger partial charge in [0, 0.05) is 18.7 Å². The van der Waals surface area contributed by atoms with Crippen LogP contribution in [0.4, 0.5) is 16.2 Å². The molecule has 1 atom stereocenters. The molecule has 3 amide bonds. The third-order valence-electron chi connectivity index (χ3n) is 4.52. The van der Waals surface area contributed by atoms with Gasteiger partial charge in [0.15, 0.2) is 0 Å². The zero-order chi connectivity index (χ0) is 20.1. The number of nitrogens with one attached hydrogen (secondary N) is 2. The highest BCUT2D eigenvalue weighted by molar-refractivity contribution is 5.98. The molecule has 0 bridgehead atoms. The molecule has 2 aromatic rings. The van der Waals surface area contributed by atoms with Crippen LogP contribution in [0.1, 0.15) is 18.9 Å². The first-order valence-electron chi connectivity index (χ1n) is 9.25. The first-order chi connectivity index (χ1) is 13.5. The number of rotatable bonds is 6. The summed E-state index contributed by atoms with van der Waals surface area (Å²) in [5.74, 6) is 1.32. The second kappa shape index (κ2) is 8.65. The molecule has 0 aliphatic carbocycles. The van der Waals surface area contributed by atoms with Crippen molar-refractivity contribution in [3.8, 4) is 11.5 Å². The average Bonchev–Trinajstić information content (AvgIpc) is 3.02. The molecule has 0 saturated carbocycles. The Hall–Kier alpha value is -3.22. The van der Waals surface area contributed by atoms with Gasteiger partial charge in [-0.25, -0.2) is 4.79 Å². The van der Waals surface area contributed by atoms with E-state index in [0.717, 1.165) is 17.0 Å². The Bertz CT molecular complexity index is 851. The van der Waals surface area contributed by atoms with Gasteiger partial charge in [-0.05, 0) is 55.8 Å². The van der Waals surface area contributed by atoms with Crippen molar-refractivity contribution < 1.29 is 19.1 Å². The molecule has 3 rings (SSSR count). The molecule has 2 N–H and O–H groups in total. The standard InChI is InChI=1S/C21H25N3O4/c1-4-28-17-8-6-16(7-9-17)24-13-15(12-20(24)25)22-21(26)23-18-11-14(2)5-10-19(18)27-3/h5-11,15H,4,12-13H2,1-3H3,(H2,22,23,26)/t15-/m0/s1. The third kappa shape index (κ3) is 4.54. The number of carbonyl (C=O) groups is 2. The molecule has 1 aliphatic heterocycles. The van der Waals surface area contributed by atoms with E-state index in [1.165, 1.54) is 0 Å². The summed E-state index contributed by atoms with van der Waals surface area (Å²) < 4.78 is 10.7. The molecule has 148 valence electrons. The zero-order valence-electron chi connectivity index (χ0n) is 16.3. The Morgan fingerprint density at radius 3 is 2.64 bits per heavy atom. The van der Waals surface area contributed by atoms with E-state index in [4.69, 9.17) is 9.47 Å². The van der Waals surface area contributed by atoms with Crippen molar-refractivity contribution in [2.45, 2.75) is 26.3 Å². The van der Waals surface area contributed by atoms with Gasteiger partial charge < -0.3 is 25.0 Å². The molecular weight excluding hydrogens is 358 g/mol. The van der Waals surface area contributed by atoms with Crippen LogP contribution < -0.4 is 25.0 Å². The maximum atomic E-state index is 12.4. The Labute approximate surface area is 164 Å². The van der Waals surface area contributed by atoms with E-state index in [9.17, 15) is 9.59 Å². The van der Waals surface area contributed by atoms with Crippen LogP contribution in [0.3, 0.4) is 0 Å². The maximum absolute atomic E-state index is 12.4. The number of ether oxygens (including phenoxy) is 2. The summed E-state index contributed by atoms with van der Waals surface area (Å²) in [5.41, 5.74) is 2.39. The van der Waals surface area contributed by atoms with Crippen molar-refractivity contribution >= 4 is 23.3 Å². The summed E-state index contributed by atoms with van der Waals surface area (Å²) in [7, 11) is 1.55. The van der Waals surface area contributed by atoms with Gasteiger partial charge >= 0.3 is 6.03 Å². The number of hydrogen-bond acceptors (Lipinski definition) is 4. The highest BCUT2D eigenvalue weighted by atomic mass is 16.5. The molecule has 28 heavy (non-hydrogen) atoms. The summed E-state index contributed by atoms with van der Waals surface area (Å²) in [6, 6.07) is 12.3. The minimum Gasteiger partial charge on any atom is -0.495 e. The van der Waals surface area contributed by atoms with Crippen LogP contribution in [0.25, 0.3) is 0 Å². The zero-order valence-corrected chi connectivity index (χ0v) is 16.3. The topological polar surface area (TPSA) is 79.9 Å². The monoisotopic (exact) mass is 383 g/mol. The number of methoxy groups -OCH3 is 1. The lowest BCUT2D eigenvalue weighted by molar-refractivity contribution is -0.117. The van der Waals surface area contributed by atoms with Gasteiger partial charge in [-0.3, -0.25) is 4.79 Å². The van der Waals surface area contributed by atoms with Gasteiger partial charge in [0.1, 0.15) is 11.5 Å². The lowest BCUT2D eigenvalue weighted by Gasteiger charge is -2.18. The first kappa shape index (κ1) is 19.5. The number of aryl methyl sites for hydroxylation is 1. The van der Waals surface area contributed by atoms with Crippen LogP contribution in [0.15, 0.2) is 42.5 Å². The smallest absolute Gasteiger partial charge is 0.319 e. The van der Waals surface area contributed by atoms with Crippen molar-refractivity contribution in [1.82, 2.24) is 5.32 Å². The van der Waals surface area contributed by atoms with Crippen molar-refractivity contribution in [1.29, 1.82) is 0 Å². The fraction of sp³-hybridized carbons (Fsp3) is 0.333. The summed E-state index contributed by atoms with van der Waals surface area (Å²) in [4.78, 5) is 26.4. The molecule has 0 unspecified atom stereocenters. The number of nitrogens with zero attached hydrogens (tertiary/aromatic N) is 1. The molecular formula is C21H25N3O4. The highest BCUT2D eigenvalue weighted by Gasteiger charge is 2.31. The van der Waals surface area contributed by atoms with Crippen LogP contribution in [0, 0.1) is 6.92 Å². The second-order valence-electron chi connectivity index (χ2n) is 6.63. The normalized spacial score (nSPS) is 16.0. The van der Waals surface area contributed by atoms with E-state index >= 15 is 0 Å². The Balaban J connectivity index is 1.61. The van der Waals surface area contributed by atoms with Gasteiger partial charge in [-0.1, -0.05) is 6.07 Å². The van der Waals surface area contributed by atoms with E-state index in [1.54, 1.807) is 18.1 Å². The quantitative estimate of drug-likeness (QED) is 0.802. The molecule has 0 radical (unpaired) electrons. The second-order valence-corrected chi connectivity index (χ2v) is 6.63. The SMILES string of the molecule is CCOc1ccc(N2C[C@@H](NC(=O)Nc3cc(C)ccc3OC)CC2=O)cc1. The van der Waals surface area contributed by atoms with Crippen molar-refractivity contribution in [3.63, 3.8) is 0 Å². The summed E-state index contributed by atoms with van der Waals surface area (Å²) >= 11 is 0. The van der Waals surface area contributed by atoms with E-state index in [0.29, 0.717) is 24.6 Å². The Kier molecular flexibility index (Phi) is 6.03. The Morgan fingerprint density at radius 1 is 1.21 bits per heavy atom. The maximum Gasteiger partial charge on any atom is 0.319 e. The lowest BCUT2D eigenvalue weighted by atomic mass is 10.2. The molecule has 2 aromatic carbocycles. The van der Waals surface area contributed by atoms with Crippen LogP contribution in [-0.4, -0.2) is 38.2 Å². The number of anilines is 2. The van der Waals surface area contributed by atoms with Gasteiger partial charge in [-0.15, -0.1) is 0 Å². The van der Waals surface area contributed by atoms with E-state index < -0.39 is 0 Å². The van der Waals surface area contributed by atoms with Gasteiger partial charge in [0.2, 0.25) is 5.91 Å². The third-order valence-corrected chi connectivity index (χ3v) is 4.52. The first-order valence-corrected chi connectivity index (χ1v) is 9.25. The Morgan fingerprint density at radius 2 is 1.96 bits per heavy atom. The van der Waals surface area contributed by atoms with Crippen LogP contribution in [0.2, 0.25) is 0 Å². The molecule has 1 heterocycles. The summed E-state index contributed by atoms with van der Waals surface area (Å²) in [5, 5.41) is 5.67. The lowest BCUT2D eigenvalue weighted by Crippen LogP contribution is -2.39. The largest absolute Gasteiger partial charge is 0.495 e. The predicted molar refractivity (Wildman–Crippen MR) is 108 cm³/mol. The number of benzene rings is 2. The minimum absolute atomic E-state index is 0.0254. The fourth-order valence-electron chi connectivity index (χ4n) is 3.21. The number of amides is 3. The molecule has 0 spiro atoms. The van der Waals surface area contributed by atoms with Gasteiger partial charge in [-0.2, -0.15) is 0 Å². The number of urea groups is 1. The van der Waals surface area contributed by atoms with E-state index in [-0.39, 0.29) is 24.4 Å². The molecule has 7 heteroatoms.